The average molecular weight is 659 g/mol. The van der Waals surface area contributed by atoms with Crippen molar-refractivity contribution >= 4 is 17.9 Å². The van der Waals surface area contributed by atoms with Crippen molar-refractivity contribution < 1.29 is 9.09 Å². The molecule has 0 heterocycles. The Morgan fingerprint density at radius 1 is 0.568 bits per heavy atom. The van der Waals surface area contributed by atoms with Gasteiger partial charge in [0.05, 0.1) is 6.61 Å². The fraction of sp³-hybridized carbons (Fsp3) is 1.00. The Kier molecular flexibility index (Phi) is 35.4. The Labute approximate surface area is 284 Å². The lowest BCUT2D eigenvalue weighted by Gasteiger charge is -2.39. The molecule has 3 unspecified atom stereocenters. The van der Waals surface area contributed by atoms with E-state index in [2.05, 4.69) is 64.6 Å². The van der Waals surface area contributed by atoms with Crippen LogP contribution in [0.15, 0.2) is 0 Å². The second kappa shape index (κ2) is 33.4. The smallest absolute Gasteiger partial charge is 0.294 e. The summed E-state index contributed by atoms with van der Waals surface area (Å²) in [6.45, 7) is 18.6. The van der Waals surface area contributed by atoms with Gasteiger partial charge in [0.25, 0.3) is 0 Å². The number of hydrogen-bond acceptors (Lipinski definition) is 2. The molecule has 0 fully saturated rings. The third-order valence-corrected chi connectivity index (χ3v) is 10.8. The highest BCUT2D eigenvalue weighted by Crippen LogP contribution is 2.44. The number of unbranched alkanes of at least 4 members (excludes halogenated alkanes) is 18. The summed E-state index contributed by atoms with van der Waals surface area (Å²) in [4.78, 5) is 0. The molecule has 0 aliphatic heterocycles. The molecule has 0 N–H and O–H groups in total. The Morgan fingerprint density at radius 3 is 1.27 bits per heavy atom. The highest BCUT2D eigenvalue weighted by molar-refractivity contribution is 7.19. The summed E-state index contributed by atoms with van der Waals surface area (Å²) in [7, 11) is 3.28. The number of rotatable bonds is 31. The van der Waals surface area contributed by atoms with Crippen molar-refractivity contribution in [2.24, 2.45) is 17.3 Å². The van der Waals surface area contributed by atoms with Crippen molar-refractivity contribution in [3.8, 4) is 0 Å². The van der Waals surface area contributed by atoms with Crippen LogP contribution in [-0.4, -0.2) is 11.8 Å². The summed E-state index contributed by atoms with van der Waals surface area (Å²) < 4.78 is 14.7. The summed E-state index contributed by atoms with van der Waals surface area (Å²) in [5.41, 5.74) is 0.336. The van der Waals surface area contributed by atoms with E-state index in [4.69, 9.17) is 4.52 Å². The van der Waals surface area contributed by atoms with Crippen molar-refractivity contribution in [2.75, 3.05) is 6.61 Å². The van der Waals surface area contributed by atoms with Gasteiger partial charge in [-0.1, -0.05) is 197 Å². The minimum atomic E-state index is -0.204. The first kappa shape index (κ1) is 46.6. The van der Waals surface area contributed by atoms with E-state index in [0.717, 1.165) is 12.3 Å². The zero-order valence-electron chi connectivity index (χ0n) is 31.8. The van der Waals surface area contributed by atoms with Crippen LogP contribution in [0.3, 0.4) is 0 Å². The lowest BCUT2D eigenvalue weighted by atomic mass is 9.77. The van der Waals surface area contributed by atoms with E-state index in [9.17, 15) is 4.57 Å². The maximum absolute atomic E-state index is 9.95. The molecule has 0 aliphatic carbocycles. The molecule has 44 heavy (non-hydrogen) atoms. The molecule has 0 saturated heterocycles. The zero-order valence-corrected chi connectivity index (χ0v) is 33.8. The molecule has 0 bridgehead atoms. The minimum absolute atomic E-state index is 0.204. The van der Waals surface area contributed by atoms with Crippen molar-refractivity contribution in [1.29, 1.82) is 0 Å². The molecule has 0 amide bonds. The molecule has 0 aromatic rings. The predicted octanol–water partition coefficient (Wildman–Crippen LogP) is 15.7. The third kappa shape index (κ3) is 32.4. The van der Waals surface area contributed by atoms with Gasteiger partial charge in [0.2, 0.25) is 0 Å². The monoisotopic (exact) mass is 659 g/mol. The normalized spacial score (nSPS) is 13.6. The standard InChI is InChI=1S/C32H67P.C8H17O2P/c1-5-9-13-17-18-19-20-21-22-24-28-31(27-23-14-10-6-2)32(33,29-25-15-11-7-3)30-26-16-12-8-4;1-7(6-10-11-9)5-8(2,3)4/h31H,5-30,33H2,1-4H3;7H,5-6H2,1-4H3. The van der Waals surface area contributed by atoms with Gasteiger partial charge in [-0.3, -0.25) is 4.52 Å². The Balaban J connectivity index is 0. The van der Waals surface area contributed by atoms with Gasteiger partial charge in [-0.05, 0) is 54.5 Å². The molecular weight excluding hydrogens is 574 g/mol. The SMILES string of the molecule is CC(COP=O)CC(C)(C)C.CCCCCCCCCCCCC(CCCCCC)C(P)(CCCCCC)CCCCCC. The van der Waals surface area contributed by atoms with Gasteiger partial charge in [-0.2, -0.15) is 0 Å². The number of hydrogen-bond donors (Lipinski definition) is 0. The van der Waals surface area contributed by atoms with E-state index in [-0.39, 0.29) is 8.69 Å². The van der Waals surface area contributed by atoms with Crippen molar-refractivity contribution in [2.45, 2.75) is 234 Å². The van der Waals surface area contributed by atoms with Crippen LogP contribution < -0.4 is 0 Å². The van der Waals surface area contributed by atoms with Gasteiger partial charge in [0, 0.05) is 0 Å². The Bertz CT molecular complexity index is 562. The van der Waals surface area contributed by atoms with Gasteiger partial charge in [-0.25, -0.2) is 4.57 Å². The van der Waals surface area contributed by atoms with E-state index >= 15 is 0 Å². The molecule has 0 radical (unpaired) electrons. The van der Waals surface area contributed by atoms with Crippen LogP contribution in [0, 0.1) is 17.3 Å². The lowest BCUT2D eigenvalue weighted by Crippen LogP contribution is -2.32. The largest absolute Gasteiger partial charge is 0.327 e. The van der Waals surface area contributed by atoms with Crippen LogP contribution in [0.25, 0.3) is 0 Å². The highest BCUT2D eigenvalue weighted by atomic mass is 31.1. The van der Waals surface area contributed by atoms with Crippen LogP contribution in [0.2, 0.25) is 0 Å². The van der Waals surface area contributed by atoms with E-state index in [1.165, 1.54) is 167 Å². The second-order valence-corrected chi connectivity index (χ2v) is 17.2. The van der Waals surface area contributed by atoms with E-state index in [1.807, 2.05) is 0 Å². The Morgan fingerprint density at radius 2 is 0.909 bits per heavy atom. The summed E-state index contributed by atoms with van der Waals surface area (Å²) in [6, 6.07) is 0. The molecular formula is C40H84O2P2. The van der Waals surface area contributed by atoms with Crippen LogP contribution in [-0.2, 0) is 9.09 Å². The average Bonchev–Trinajstić information content (AvgIpc) is 2.98. The molecule has 4 heteroatoms. The predicted molar refractivity (Wildman–Crippen MR) is 205 cm³/mol. The van der Waals surface area contributed by atoms with Crippen LogP contribution in [0.5, 0.6) is 0 Å². The molecule has 0 saturated carbocycles. The topological polar surface area (TPSA) is 26.3 Å². The first-order valence-electron chi connectivity index (χ1n) is 19.8. The van der Waals surface area contributed by atoms with Gasteiger partial charge in [-0.15, -0.1) is 9.24 Å². The fourth-order valence-electron chi connectivity index (χ4n) is 6.97. The summed E-state index contributed by atoms with van der Waals surface area (Å²) in [5, 5.41) is 0.521. The fourth-order valence-corrected chi connectivity index (χ4v) is 8.03. The minimum Gasteiger partial charge on any atom is -0.294 e. The zero-order chi connectivity index (χ0) is 33.4. The first-order valence-corrected chi connectivity index (χ1v) is 21.1. The molecule has 3 atom stereocenters. The van der Waals surface area contributed by atoms with E-state index < -0.39 is 0 Å². The molecule has 2 nitrogen and oxygen atoms in total. The summed E-state index contributed by atoms with van der Waals surface area (Å²) in [5.74, 6) is 1.42. The van der Waals surface area contributed by atoms with E-state index in [1.54, 1.807) is 0 Å². The summed E-state index contributed by atoms with van der Waals surface area (Å²) >= 11 is 0. The maximum atomic E-state index is 9.95. The van der Waals surface area contributed by atoms with Crippen LogP contribution >= 0.6 is 17.9 Å². The molecule has 0 spiro atoms. The van der Waals surface area contributed by atoms with Crippen LogP contribution in [0.1, 0.15) is 229 Å². The third-order valence-electron chi connectivity index (χ3n) is 9.49. The summed E-state index contributed by atoms with van der Waals surface area (Å²) in [6.07, 6.45) is 38.7. The van der Waals surface area contributed by atoms with Crippen molar-refractivity contribution in [3.05, 3.63) is 0 Å². The molecule has 0 aromatic carbocycles. The first-order chi connectivity index (χ1) is 21.1. The van der Waals surface area contributed by atoms with Gasteiger partial charge >= 0.3 is 8.69 Å². The molecule has 0 aromatic heterocycles. The lowest BCUT2D eigenvalue weighted by molar-refractivity contribution is 0.220. The van der Waals surface area contributed by atoms with Crippen molar-refractivity contribution in [1.82, 2.24) is 0 Å². The molecule has 0 rings (SSSR count). The second-order valence-electron chi connectivity index (χ2n) is 15.6. The van der Waals surface area contributed by atoms with Gasteiger partial charge < -0.3 is 0 Å². The highest BCUT2D eigenvalue weighted by Gasteiger charge is 2.32. The van der Waals surface area contributed by atoms with E-state index in [0.29, 0.717) is 23.1 Å². The van der Waals surface area contributed by atoms with Crippen molar-refractivity contribution in [3.63, 3.8) is 0 Å². The van der Waals surface area contributed by atoms with Gasteiger partial charge in [0.15, 0.2) is 0 Å². The Hall–Kier alpha value is 0.490. The molecule has 0 aliphatic rings. The van der Waals surface area contributed by atoms with Crippen LogP contribution in [0.4, 0.5) is 0 Å². The quantitative estimate of drug-likeness (QED) is 0.0547. The molecule has 266 valence electrons. The van der Waals surface area contributed by atoms with Gasteiger partial charge in [0.1, 0.15) is 0 Å². The maximum Gasteiger partial charge on any atom is 0.327 e.